The van der Waals surface area contributed by atoms with E-state index in [1.807, 2.05) is 6.92 Å². The predicted octanol–water partition coefficient (Wildman–Crippen LogP) is 2.83. The lowest BCUT2D eigenvalue weighted by atomic mass is 10.1. The predicted molar refractivity (Wildman–Crippen MR) is 110 cm³/mol. The number of nitrogens with one attached hydrogen (secondary N) is 2. The van der Waals surface area contributed by atoms with Crippen molar-refractivity contribution in [2.24, 2.45) is 4.99 Å². The van der Waals surface area contributed by atoms with Crippen LogP contribution in [0.4, 0.5) is 0 Å². The molecule has 2 rings (SSSR count). The maximum absolute atomic E-state index is 5.97. The van der Waals surface area contributed by atoms with Crippen LogP contribution in [0.1, 0.15) is 56.7 Å². The first-order chi connectivity index (χ1) is 11.8. The zero-order valence-corrected chi connectivity index (χ0v) is 17.8. The minimum absolute atomic E-state index is 0. The van der Waals surface area contributed by atoms with Gasteiger partial charge in [-0.25, -0.2) is 0 Å². The Morgan fingerprint density at radius 1 is 1.20 bits per heavy atom. The smallest absolute Gasteiger partial charge is 0.226 e. The van der Waals surface area contributed by atoms with Crippen molar-refractivity contribution in [3.8, 4) is 0 Å². The second-order valence-electron chi connectivity index (χ2n) is 6.25. The van der Waals surface area contributed by atoms with Crippen LogP contribution < -0.4 is 10.6 Å². The SMILES string of the molecule is CN=C(NCCCc1nc(C)no1)NCCOC1CCCCCC1.I. The standard InChI is InChI=1S/C17H31N5O2.HI/c1-14-21-16(24-22-14)10-7-11-19-17(18-2)20-12-13-23-15-8-5-3-4-6-9-15;/h15H,3-13H2,1-2H3,(H2,18,19,20);1H. The molecule has 0 radical (unpaired) electrons. The molecule has 0 aromatic carbocycles. The third-order valence-electron chi connectivity index (χ3n) is 4.20. The number of halogens is 1. The van der Waals surface area contributed by atoms with Crippen molar-refractivity contribution in [1.82, 2.24) is 20.8 Å². The minimum Gasteiger partial charge on any atom is -0.376 e. The second kappa shape index (κ2) is 13.3. The maximum atomic E-state index is 5.97. The number of hydrogen-bond acceptors (Lipinski definition) is 5. The molecule has 0 unspecified atom stereocenters. The van der Waals surface area contributed by atoms with Gasteiger partial charge in [-0.1, -0.05) is 30.8 Å². The molecule has 8 heteroatoms. The molecular formula is C17H32IN5O2. The van der Waals surface area contributed by atoms with E-state index in [0.29, 0.717) is 17.8 Å². The van der Waals surface area contributed by atoms with Gasteiger partial charge in [0.2, 0.25) is 5.89 Å². The van der Waals surface area contributed by atoms with Crippen molar-refractivity contribution >= 4 is 29.9 Å². The summed E-state index contributed by atoms with van der Waals surface area (Å²) in [4.78, 5) is 8.41. The van der Waals surface area contributed by atoms with Gasteiger partial charge < -0.3 is 19.9 Å². The first kappa shape index (κ1) is 22.1. The Morgan fingerprint density at radius 3 is 2.56 bits per heavy atom. The monoisotopic (exact) mass is 465 g/mol. The van der Waals surface area contributed by atoms with Crippen molar-refractivity contribution in [3.63, 3.8) is 0 Å². The summed E-state index contributed by atoms with van der Waals surface area (Å²) in [6.07, 6.45) is 9.89. The third-order valence-corrected chi connectivity index (χ3v) is 4.20. The normalized spacial score (nSPS) is 16.2. The highest BCUT2D eigenvalue weighted by Crippen LogP contribution is 2.19. The lowest BCUT2D eigenvalue weighted by Gasteiger charge is -2.16. The van der Waals surface area contributed by atoms with Crippen LogP contribution >= 0.6 is 24.0 Å². The summed E-state index contributed by atoms with van der Waals surface area (Å²) in [5.74, 6) is 2.18. The fourth-order valence-electron chi connectivity index (χ4n) is 2.91. The van der Waals surface area contributed by atoms with Crippen LogP contribution in [0, 0.1) is 6.92 Å². The largest absolute Gasteiger partial charge is 0.376 e. The summed E-state index contributed by atoms with van der Waals surface area (Å²) in [5.41, 5.74) is 0. The number of guanidine groups is 1. The number of aliphatic imine (C=N–C) groups is 1. The summed E-state index contributed by atoms with van der Waals surface area (Å²) in [5, 5.41) is 10.4. The molecule has 1 fully saturated rings. The van der Waals surface area contributed by atoms with E-state index in [2.05, 4.69) is 25.8 Å². The molecule has 1 saturated carbocycles. The number of rotatable bonds is 8. The molecule has 2 N–H and O–H groups in total. The topological polar surface area (TPSA) is 84.6 Å². The molecule has 1 aliphatic rings. The fraction of sp³-hybridized carbons (Fsp3) is 0.824. The molecule has 0 saturated heterocycles. The maximum Gasteiger partial charge on any atom is 0.226 e. The molecule has 1 heterocycles. The Bertz CT molecular complexity index is 487. The van der Waals surface area contributed by atoms with Crippen LogP contribution in [0.15, 0.2) is 9.52 Å². The van der Waals surface area contributed by atoms with E-state index in [1.54, 1.807) is 7.05 Å². The van der Waals surface area contributed by atoms with E-state index in [1.165, 1.54) is 38.5 Å². The van der Waals surface area contributed by atoms with E-state index in [-0.39, 0.29) is 24.0 Å². The van der Waals surface area contributed by atoms with Gasteiger partial charge in [0, 0.05) is 26.6 Å². The highest BCUT2D eigenvalue weighted by molar-refractivity contribution is 14.0. The summed E-state index contributed by atoms with van der Waals surface area (Å²) in [7, 11) is 1.78. The van der Waals surface area contributed by atoms with E-state index in [0.717, 1.165) is 38.5 Å². The van der Waals surface area contributed by atoms with Gasteiger partial charge in [-0.3, -0.25) is 4.99 Å². The highest BCUT2D eigenvalue weighted by atomic mass is 127. The van der Waals surface area contributed by atoms with E-state index >= 15 is 0 Å². The van der Waals surface area contributed by atoms with Crippen LogP contribution in [-0.2, 0) is 11.2 Å². The summed E-state index contributed by atoms with van der Waals surface area (Å²) in [6, 6.07) is 0. The van der Waals surface area contributed by atoms with Crippen LogP contribution in [0.2, 0.25) is 0 Å². The van der Waals surface area contributed by atoms with Gasteiger partial charge >= 0.3 is 0 Å². The van der Waals surface area contributed by atoms with Gasteiger partial charge in [0.05, 0.1) is 12.7 Å². The zero-order valence-electron chi connectivity index (χ0n) is 15.4. The van der Waals surface area contributed by atoms with Crippen LogP contribution in [0.5, 0.6) is 0 Å². The molecule has 144 valence electrons. The Kier molecular flexibility index (Phi) is 11.8. The summed E-state index contributed by atoms with van der Waals surface area (Å²) >= 11 is 0. The number of nitrogens with zero attached hydrogens (tertiary/aromatic N) is 3. The fourth-order valence-corrected chi connectivity index (χ4v) is 2.91. The number of aryl methyl sites for hydroxylation is 2. The second-order valence-corrected chi connectivity index (χ2v) is 6.25. The van der Waals surface area contributed by atoms with Gasteiger partial charge in [-0.15, -0.1) is 24.0 Å². The van der Waals surface area contributed by atoms with E-state index < -0.39 is 0 Å². The van der Waals surface area contributed by atoms with Gasteiger partial charge in [-0.2, -0.15) is 4.98 Å². The molecule has 25 heavy (non-hydrogen) atoms. The van der Waals surface area contributed by atoms with Gasteiger partial charge in [0.1, 0.15) is 0 Å². The molecule has 0 amide bonds. The number of aromatic nitrogens is 2. The lowest BCUT2D eigenvalue weighted by molar-refractivity contribution is 0.0468. The molecule has 1 aromatic heterocycles. The summed E-state index contributed by atoms with van der Waals surface area (Å²) < 4.78 is 11.1. The van der Waals surface area contributed by atoms with Crippen LogP contribution in [0.25, 0.3) is 0 Å². The lowest BCUT2D eigenvalue weighted by Crippen LogP contribution is -2.39. The van der Waals surface area contributed by atoms with Crippen molar-refractivity contribution in [2.75, 3.05) is 26.7 Å². The number of ether oxygens (including phenoxy) is 1. The van der Waals surface area contributed by atoms with Crippen molar-refractivity contribution < 1.29 is 9.26 Å². The first-order valence-electron chi connectivity index (χ1n) is 9.13. The third kappa shape index (κ3) is 9.39. The van der Waals surface area contributed by atoms with Crippen LogP contribution in [0.3, 0.4) is 0 Å². The van der Waals surface area contributed by atoms with Crippen LogP contribution in [-0.4, -0.2) is 48.9 Å². The van der Waals surface area contributed by atoms with E-state index in [4.69, 9.17) is 9.26 Å². The van der Waals surface area contributed by atoms with E-state index in [9.17, 15) is 0 Å². The molecule has 0 aliphatic heterocycles. The number of hydrogen-bond donors (Lipinski definition) is 2. The average Bonchev–Trinajstić information content (AvgIpc) is 2.84. The van der Waals surface area contributed by atoms with Crippen molar-refractivity contribution in [1.29, 1.82) is 0 Å². The first-order valence-corrected chi connectivity index (χ1v) is 9.13. The quantitative estimate of drug-likeness (QED) is 0.202. The van der Waals surface area contributed by atoms with Gasteiger partial charge in [0.15, 0.2) is 11.8 Å². The van der Waals surface area contributed by atoms with Crippen molar-refractivity contribution in [2.45, 2.75) is 64.4 Å². The average molecular weight is 465 g/mol. The Labute approximate surface area is 167 Å². The highest BCUT2D eigenvalue weighted by Gasteiger charge is 2.12. The minimum atomic E-state index is 0. The molecular weight excluding hydrogens is 433 g/mol. The van der Waals surface area contributed by atoms with Gasteiger partial charge in [0.25, 0.3) is 0 Å². The van der Waals surface area contributed by atoms with Crippen molar-refractivity contribution in [3.05, 3.63) is 11.7 Å². The molecule has 7 nitrogen and oxygen atoms in total. The Morgan fingerprint density at radius 2 is 1.92 bits per heavy atom. The molecule has 1 aromatic rings. The summed E-state index contributed by atoms with van der Waals surface area (Å²) in [6.45, 7) is 4.14. The molecule has 1 aliphatic carbocycles. The Balaban J connectivity index is 0.00000312. The molecule has 0 bridgehead atoms. The molecule has 0 atom stereocenters. The zero-order chi connectivity index (χ0) is 17.0. The van der Waals surface area contributed by atoms with Gasteiger partial charge in [-0.05, 0) is 26.2 Å². The molecule has 0 spiro atoms. The Hall–Kier alpha value is -0.900.